The van der Waals surface area contributed by atoms with Crippen LogP contribution in [0.3, 0.4) is 0 Å². The Kier molecular flexibility index (Phi) is 6.59. The molecule has 1 saturated heterocycles. The fourth-order valence-corrected chi connectivity index (χ4v) is 4.20. The maximum atomic E-state index is 12.6. The van der Waals surface area contributed by atoms with Crippen LogP contribution in [0.5, 0.6) is 0 Å². The number of thiazole rings is 1. The molecule has 1 amide bonds. The van der Waals surface area contributed by atoms with Crippen molar-refractivity contribution >= 4 is 17.2 Å². The Morgan fingerprint density at radius 1 is 1.32 bits per heavy atom. The fraction of sp³-hybridized carbons (Fsp3) is 0.500. The van der Waals surface area contributed by atoms with Crippen LogP contribution in [0.1, 0.15) is 41.9 Å². The van der Waals surface area contributed by atoms with Gasteiger partial charge in [0.2, 0.25) is 5.91 Å². The van der Waals surface area contributed by atoms with Crippen LogP contribution in [0.15, 0.2) is 35.7 Å². The van der Waals surface area contributed by atoms with Crippen molar-refractivity contribution in [2.75, 3.05) is 13.1 Å². The predicted octanol–water partition coefficient (Wildman–Crippen LogP) is 3.56. The zero-order chi connectivity index (χ0) is 17.5. The lowest BCUT2D eigenvalue weighted by molar-refractivity contribution is -0.127. The number of nitrogens with zero attached hydrogens (tertiary/aromatic N) is 2. The number of carbonyl (C=O) groups excluding carboxylic acids is 1. The molecule has 2 aromatic rings. The summed E-state index contributed by atoms with van der Waals surface area (Å²) >= 11 is 1.71. The van der Waals surface area contributed by atoms with Crippen LogP contribution in [0.4, 0.5) is 0 Å². The Morgan fingerprint density at radius 2 is 2.16 bits per heavy atom. The Balaban J connectivity index is 1.47. The average molecular weight is 358 g/mol. The molecule has 1 unspecified atom stereocenters. The Morgan fingerprint density at radius 3 is 2.92 bits per heavy atom. The lowest BCUT2D eigenvalue weighted by Gasteiger charge is -2.34. The number of rotatable bonds is 7. The van der Waals surface area contributed by atoms with Crippen LogP contribution in [0.2, 0.25) is 0 Å². The molecule has 0 saturated carbocycles. The fourth-order valence-electron chi connectivity index (χ4n) is 3.38. The number of hydrogen-bond donors (Lipinski definition) is 1. The molecule has 0 bridgehead atoms. The minimum absolute atomic E-state index is 0.0102. The number of amides is 1. The molecular formula is C20H27N3OS. The van der Waals surface area contributed by atoms with E-state index in [1.54, 1.807) is 11.3 Å². The van der Waals surface area contributed by atoms with E-state index in [0.717, 1.165) is 56.0 Å². The molecule has 3 rings (SSSR count). The minimum atomic E-state index is 0.0102. The molecule has 5 heteroatoms. The average Bonchev–Trinajstić information content (AvgIpc) is 3.05. The molecule has 1 atom stereocenters. The van der Waals surface area contributed by atoms with Crippen molar-refractivity contribution in [3.63, 3.8) is 0 Å². The summed E-state index contributed by atoms with van der Waals surface area (Å²) in [5.74, 6) is 0.186. The van der Waals surface area contributed by atoms with E-state index in [0.29, 0.717) is 0 Å². The lowest BCUT2D eigenvalue weighted by Crippen LogP contribution is -2.49. The molecule has 1 N–H and O–H groups in total. The van der Waals surface area contributed by atoms with Gasteiger partial charge >= 0.3 is 0 Å². The molecule has 1 fully saturated rings. The van der Waals surface area contributed by atoms with Crippen LogP contribution in [-0.2, 0) is 17.8 Å². The van der Waals surface area contributed by atoms with Gasteiger partial charge in [-0.25, -0.2) is 4.98 Å². The van der Waals surface area contributed by atoms with E-state index < -0.39 is 0 Å². The maximum absolute atomic E-state index is 12.6. The third kappa shape index (κ3) is 5.38. The van der Waals surface area contributed by atoms with Gasteiger partial charge in [0.25, 0.3) is 0 Å². The summed E-state index contributed by atoms with van der Waals surface area (Å²) in [5.41, 5.74) is 2.36. The number of carbonyl (C=O) groups is 1. The zero-order valence-electron chi connectivity index (χ0n) is 14.9. The van der Waals surface area contributed by atoms with Crippen LogP contribution in [-0.4, -0.2) is 34.9 Å². The first kappa shape index (κ1) is 18.1. The highest BCUT2D eigenvalue weighted by molar-refractivity contribution is 7.09. The smallest absolute Gasteiger partial charge is 0.237 e. The van der Waals surface area contributed by atoms with E-state index in [1.807, 2.05) is 13.0 Å². The molecule has 0 aliphatic carbocycles. The highest BCUT2D eigenvalue weighted by atomic mass is 32.1. The molecule has 4 nitrogen and oxygen atoms in total. The van der Waals surface area contributed by atoms with Crippen molar-refractivity contribution in [1.82, 2.24) is 15.2 Å². The van der Waals surface area contributed by atoms with Crippen molar-refractivity contribution in [2.24, 2.45) is 0 Å². The second kappa shape index (κ2) is 9.11. The van der Waals surface area contributed by atoms with Gasteiger partial charge in [-0.05, 0) is 38.3 Å². The van der Waals surface area contributed by atoms with Gasteiger partial charge in [0.15, 0.2) is 0 Å². The predicted molar refractivity (Wildman–Crippen MR) is 103 cm³/mol. The molecule has 0 radical (unpaired) electrons. The van der Waals surface area contributed by atoms with Gasteiger partial charge < -0.3 is 5.32 Å². The van der Waals surface area contributed by atoms with E-state index in [1.165, 1.54) is 12.0 Å². The number of nitrogens with one attached hydrogen (secondary N) is 1. The molecular weight excluding hydrogens is 330 g/mol. The third-order valence-corrected chi connectivity index (χ3v) is 5.70. The number of hydrogen-bond acceptors (Lipinski definition) is 4. The first-order valence-electron chi connectivity index (χ1n) is 9.19. The quantitative estimate of drug-likeness (QED) is 0.771. The molecule has 1 aliphatic heterocycles. The second-order valence-electron chi connectivity index (χ2n) is 6.74. The van der Waals surface area contributed by atoms with Crippen LogP contribution >= 0.6 is 11.3 Å². The minimum Gasteiger partial charge on any atom is -0.355 e. The summed E-state index contributed by atoms with van der Waals surface area (Å²) in [6.07, 6.45) is 5.17. The van der Waals surface area contributed by atoms with Crippen molar-refractivity contribution in [3.8, 4) is 0 Å². The number of benzene rings is 1. The summed E-state index contributed by atoms with van der Waals surface area (Å²) < 4.78 is 0. The van der Waals surface area contributed by atoms with Gasteiger partial charge in [-0.3, -0.25) is 9.69 Å². The zero-order valence-corrected chi connectivity index (χ0v) is 15.7. The molecule has 1 aromatic carbocycles. The summed E-state index contributed by atoms with van der Waals surface area (Å²) in [6.45, 7) is 4.61. The molecule has 25 heavy (non-hydrogen) atoms. The highest BCUT2D eigenvalue weighted by Crippen LogP contribution is 2.20. The van der Waals surface area contributed by atoms with Gasteiger partial charge in [0, 0.05) is 30.6 Å². The summed E-state index contributed by atoms with van der Waals surface area (Å²) in [4.78, 5) is 19.5. The van der Waals surface area contributed by atoms with E-state index in [2.05, 4.69) is 44.8 Å². The van der Waals surface area contributed by atoms with Gasteiger partial charge in [-0.2, -0.15) is 0 Å². The molecule has 1 aliphatic rings. The molecule has 2 heterocycles. The lowest BCUT2D eigenvalue weighted by atomic mass is 10.0. The van der Waals surface area contributed by atoms with E-state index in [-0.39, 0.29) is 11.9 Å². The van der Waals surface area contributed by atoms with Gasteiger partial charge in [0.1, 0.15) is 0 Å². The van der Waals surface area contributed by atoms with E-state index in [9.17, 15) is 4.79 Å². The SMILES string of the molecule is Cc1csc(CCCNC(=O)C2CCCCN2Cc2ccccc2)n1. The van der Waals surface area contributed by atoms with Crippen molar-refractivity contribution in [1.29, 1.82) is 0 Å². The van der Waals surface area contributed by atoms with Gasteiger partial charge in [-0.1, -0.05) is 36.8 Å². The number of aryl methyl sites for hydroxylation is 2. The molecule has 0 spiro atoms. The Hall–Kier alpha value is -1.72. The largest absolute Gasteiger partial charge is 0.355 e. The first-order chi connectivity index (χ1) is 12.2. The monoisotopic (exact) mass is 357 g/mol. The third-order valence-electron chi connectivity index (χ3n) is 4.68. The first-order valence-corrected chi connectivity index (χ1v) is 10.1. The normalized spacial score (nSPS) is 18.2. The second-order valence-corrected chi connectivity index (χ2v) is 7.69. The highest BCUT2D eigenvalue weighted by Gasteiger charge is 2.28. The van der Waals surface area contributed by atoms with Crippen molar-refractivity contribution in [2.45, 2.75) is 51.6 Å². The topological polar surface area (TPSA) is 45.2 Å². The van der Waals surface area contributed by atoms with Crippen molar-refractivity contribution in [3.05, 3.63) is 52.0 Å². The maximum Gasteiger partial charge on any atom is 0.237 e. The summed E-state index contributed by atoms with van der Waals surface area (Å²) in [5, 5.41) is 6.38. The summed E-state index contributed by atoms with van der Waals surface area (Å²) in [7, 11) is 0. The molecule has 1 aromatic heterocycles. The Bertz CT molecular complexity index is 671. The van der Waals surface area contributed by atoms with E-state index >= 15 is 0 Å². The van der Waals surface area contributed by atoms with Gasteiger partial charge in [0.05, 0.1) is 11.0 Å². The van der Waals surface area contributed by atoms with Crippen LogP contribution in [0, 0.1) is 6.92 Å². The van der Waals surface area contributed by atoms with Crippen LogP contribution < -0.4 is 5.32 Å². The van der Waals surface area contributed by atoms with Crippen molar-refractivity contribution < 1.29 is 4.79 Å². The van der Waals surface area contributed by atoms with Crippen LogP contribution in [0.25, 0.3) is 0 Å². The Labute approximate surface area is 154 Å². The number of likely N-dealkylation sites (tertiary alicyclic amines) is 1. The van der Waals surface area contributed by atoms with E-state index in [4.69, 9.17) is 0 Å². The number of aromatic nitrogens is 1. The molecule has 134 valence electrons. The van der Waals surface area contributed by atoms with Gasteiger partial charge in [-0.15, -0.1) is 11.3 Å². The standard InChI is InChI=1S/C20H27N3OS/c1-16-15-25-19(22-16)11-7-12-21-20(24)18-10-5-6-13-23(18)14-17-8-3-2-4-9-17/h2-4,8-9,15,18H,5-7,10-14H2,1H3,(H,21,24). The number of piperidine rings is 1. The summed E-state index contributed by atoms with van der Waals surface area (Å²) in [6, 6.07) is 10.5.